The molecule has 1 heterocycles. The van der Waals surface area contributed by atoms with Crippen molar-refractivity contribution in [3.63, 3.8) is 0 Å². The number of carbonyl (C=O) groups is 1. The highest BCUT2D eigenvalue weighted by Crippen LogP contribution is 2.26. The van der Waals surface area contributed by atoms with Crippen molar-refractivity contribution in [1.82, 2.24) is 9.97 Å². The van der Waals surface area contributed by atoms with E-state index in [0.29, 0.717) is 10.5 Å². The van der Waals surface area contributed by atoms with Gasteiger partial charge in [0.2, 0.25) is 0 Å². The Morgan fingerprint density at radius 1 is 1.24 bits per heavy atom. The molecule has 2 aromatic carbocycles. The van der Waals surface area contributed by atoms with Crippen LogP contribution in [0.1, 0.15) is 5.82 Å². The Kier molecular flexibility index (Phi) is 5.31. The zero-order chi connectivity index (χ0) is 17.8. The molecular formula is C18H15ClN2O3S. The van der Waals surface area contributed by atoms with Crippen LogP contribution in [0.4, 0.5) is 0 Å². The third-order valence-electron chi connectivity index (χ3n) is 3.49. The molecule has 0 amide bonds. The third kappa shape index (κ3) is 3.97. The topological polar surface area (TPSA) is 75.2 Å². The fourth-order valence-corrected chi connectivity index (χ4v) is 3.18. The van der Waals surface area contributed by atoms with E-state index in [4.69, 9.17) is 16.3 Å². The number of carbonyl (C=O) groups excluding carboxylic acids is 1. The standard InChI is InChI=1S/C18H15ClN2O3S/c1-24-18(23)16(17-20-13-4-2-3-5-14(13)21-17)15(22)10-25-12-8-6-11(19)7-9-12/h2-9,22H,10H2,1H3,(H,20,21). The molecule has 128 valence electrons. The van der Waals surface area contributed by atoms with Crippen molar-refractivity contribution in [3.8, 4) is 0 Å². The molecule has 1 aromatic heterocycles. The second kappa shape index (κ2) is 7.63. The van der Waals surface area contributed by atoms with Crippen LogP contribution < -0.4 is 0 Å². The normalized spacial score (nSPS) is 12.1. The summed E-state index contributed by atoms with van der Waals surface area (Å²) >= 11 is 7.24. The summed E-state index contributed by atoms with van der Waals surface area (Å²) < 4.78 is 4.81. The number of nitrogens with zero attached hydrogens (tertiary/aromatic N) is 1. The fraction of sp³-hybridized carbons (Fsp3) is 0.111. The number of aromatic amines is 1. The van der Waals surface area contributed by atoms with E-state index >= 15 is 0 Å². The van der Waals surface area contributed by atoms with Gasteiger partial charge in [0.05, 0.1) is 23.9 Å². The van der Waals surface area contributed by atoms with Crippen molar-refractivity contribution in [3.05, 3.63) is 65.1 Å². The number of aliphatic hydroxyl groups is 1. The molecule has 0 spiro atoms. The molecule has 2 N–H and O–H groups in total. The van der Waals surface area contributed by atoms with Crippen molar-refractivity contribution < 1.29 is 14.6 Å². The minimum atomic E-state index is -0.645. The molecule has 0 unspecified atom stereocenters. The molecule has 0 aliphatic heterocycles. The molecule has 0 aliphatic carbocycles. The Bertz CT molecular complexity index is 902. The highest BCUT2D eigenvalue weighted by Gasteiger charge is 2.22. The van der Waals surface area contributed by atoms with E-state index < -0.39 is 5.97 Å². The number of hydrogen-bond acceptors (Lipinski definition) is 5. The molecular weight excluding hydrogens is 360 g/mol. The Morgan fingerprint density at radius 2 is 1.96 bits per heavy atom. The van der Waals surface area contributed by atoms with Gasteiger partial charge in [0.15, 0.2) is 0 Å². The van der Waals surface area contributed by atoms with E-state index in [1.807, 2.05) is 36.4 Å². The molecule has 0 aliphatic rings. The third-order valence-corrected chi connectivity index (χ3v) is 4.77. The number of benzene rings is 2. The first kappa shape index (κ1) is 17.4. The van der Waals surface area contributed by atoms with Gasteiger partial charge in [-0.15, -0.1) is 11.8 Å². The number of fused-ring (bicyclic) bond motifs is 1. The van der Waals surface area contributed by atoms with Gasteiger partial charge in [-0.05, 0) is 36.4 Å². The molecule has 7 heteroatoms. The number of aliphatic hydroxyl groups excluding tert-OH is 1. The van der Waals surface area contributed by atoms with Gasteiger partial charge < -0.3 is 14.8 Å². The average molecular weight is 375 g/mol. The predicted molar refractivity (Wildman–Crippen MR) is 99.8 cm³/mol. The Balaban J connectivity index is 1.91. The Labute approximate surface area is 153 Å². The average Bonchev–Trinajstić information content (AvgIpc) is 3.04. The quantitative estimate of drug-likeness (QED) is 0.298. The second-order valence-electron chi connectivity index (χ2n) is 5.16. The molecule has 0 atom stereocenters. The van der Waals surface area contributed by atoms with Gasteiger partial charge in [-0.3, -0.25) is 0 Å². The molecule has 3 rings (SSSR count). The SMILES string of the molecule is COC(=O)C(=C(O)CSc1ccc(Cl)cc1)c1nc2ccccc2[nH]1. The number of aromatic nitrogens is 2. The largest absolute Gasteiger partial charge is 0.510 e. The van der Waals surface area contributed by atoms with Gasteiger partial charge in [-0.2, -0.15) is 0 Å². The van der Waals surface area contributed by atoms with Gasteiger partial charge >= 0.3 is 5.97 Å². The number of thioether (sulfide) groups is 1. The predicted octanol–water partition coefficient (Wildman–Crippen LogP) is 4.45. The number of methoxy groups -OCH3 is 1. The van der Waals surface area contributed by atoms with Gasteiger partial charge in [0, 0.05) is 9.92 Å². The monoisotopic (exact) mass is 374 g/mol. The highest BCUT2D eigenvalue weighted by atomic mass is 35.5. The van der Waals surface area contributed by atoms with E-state index in [2.05, 4.69) is 9.97 Å². The first-order valence-electron chi connectivity index (χ1n) is 7.42. The van der Waals surface area contributed by atoms with E-state index in [1.165, 1.54) is 18.9 Å². The van der Waals surface area contributed by atoms with Crippen LogP contribution in [0.15, 0.2) is 59.2 Å². The van der Waals surface area contributed by atoms with Crippen LogP contribution in [0, 0.1) is 0 Å². The number of nitrogens with one attached hydrogen (secondary N) is 1. The molecule has 0 fully saturated rings. The molecule has 0 radical (unpaired) electrons. The summed E-state index contributed by atoms with van der Waals surface area (Å²) in [6.07, 6.45) is 0. The number of imidazole rings is 1. The molecule has 0 bridgehead atoms. The van der Waals surface area contributed by atoms with E-state index in [1.54, 1.807) is 12.1 Å². The van der Waals surface area contributed by atoms with Gasteiger partial charge in [-0.25, -0.2) is 9.78 Å². The first-order chi connectivity index (χ1) is 12.1. The van der Waals surface area contributed by atoms with Crippen molar-refractivity contribution >= 4 is 45.9 Å². The lowest BCUT2D eigenvalue weighted by Crippen LogP contribution is -2.09. The number of rotatable bonds is 5. The van der Waals surface area contributed by atoms with Crippen LogP contribution in [-0.2, 0) is 9.53 Å². The number of halogens is 1. The fourth-order valence-electron chi connectivity index (χ4n) is 2.28. The van der Waals surface area contributed by atoms with E-state index in [9.17, 15) is 9.90 Å². The van der Waals surface area contributed by atoms with Crippen LogP contribution in [0.3, 0.4) is 0 Å². The summed E-state index contributed by atoms with van der Waals surface area (Å²) in [5.74, 6) is -0.273. The zero-order valence-corrected chi connectivity index (χ0v) is 14.9. The molecule has 0 saturated heterocycles. The van der Waals surface area contributed by atoms with Crippen LogP contribution in [0.25, 0.3) is 16.6 Å². The minimum Gasteiger partial charge on any atom is -0.510 e. The Hall–Kier alpha value is -2.44. The summed E-state index contributed by atoms with van der Waals surface area (Å²) in [4.78, 5) is 20.5. The molecule has 5 nitrogen and oxygen atoms in total. The maximum atomic E-state index is 12.2. The van der Waals surface area contributed by atoms with Crippen molar-refractivity contribution in [2.24, 2.45) is 0 Å². The maximum absolute atomic E-state index is 12.2. The number of H-pyrrole nitrogens is 1. The first-order valence-corrected chi connectivity index (χ1v) is 8.78. The summed E-state index contributed by atoms with van der Waals surface area (Å²) in [6.45, 7) is 0. The summed E-state index contributed by atoms with van der Waals surface area (Å²) in [6, 6.07) is 14.6. The summed E-state index contributed by atoms with van der Waals surface area (Å²) in [5, 5.41) is 11.1. The van der Waals surface area contributed by atoms with Crippen LogP contribution in [0.2, 0.25) is 5.02 Å². The van der Waals surface area contributed by atoms with Crippen LogP contribution in [0.5, 0.6) is 0 Å². The minimum absolute atomic E-state index is 0.0279. The lowest BCUT2D eigenvalue weighted by molar-refractivity contribution is -0.133. The highest BCUT2D eigenvalue weighted by molar-refractivity contribution is 7.99. The maximum Gasteiger partial charge on any atom is 0.345 e. The molecule has 3 aromatic rings. The smallest absolute Gasteiger partial charge is 0.345 e. The van der Waals surface area contributed by atoms with Crippen LogP contribution in [-0.4, -0.2) is 33.9 Å². The van der Waals surface area contributed by atoms with Crippen LogP contribution >= 0.6 is 23.4 Å². The lowest BCUT2D eigenvalue weighted by atomic mass is 10.2. The van der Waals surface area contributed by atoms with Crippen molar-refractivity contribution in [1.29, 1.82) is 0 Å². The number of para-hydroxylation sites is 2. The van der Waals surface area contributed by atoms with Crippen molar-refractivity contribution in [2.45, 2.75) is 4.90 Å². The van der Waals surface area contributed by atoms with Gasteiger partial charge in [-0.1, -0.05) is 23.7 Å². The summed E-state index contributed by atoms with van der Waals surface area (Å²) in [5.41, 5.74) is 1.51. The zero-order valence-electron chi connectivity index (χ0n) is 13.3. The second-order valence-corrected chi connectivity index (χ2v) is 6.64. The van der Waals surface area contributed by atoms with Gasteiger partial charge in [0.25, 0.3) is 0 Å². The van der Waals surface area contributed by atoms with Crippen molar-refractivity contribution in [2.75, 3.05) is 12.9 Å². The van der Waals surface area contributed by atoms with Gasteiger partial charge in [0.1, 0.15) is 17.2 Å². The van der Waals surface area contributed by atoms with E-state index in [0.717, 1.165) is 10.4 Å². The molecule has 25 heavy (non-hydrogen) atoms. The molecule has 0 saturated carbocycles. The van der Waals surface area contributed by atoms with E-state index in [-0.39, 0.29) is 22.9 Å². The number of hydrogen-bond donors (Lipinski definition) is 2. The summed E-state index contributed by atoms with van der Waals surface area (Å²) in [7, 11) is 1.27. The number of esters is 1. The number of ether oxygens (including phenoxy) is 1. The Morgan fingerprint density at radius 3 is 2.64 bits per heavy atom. The lowest BCUT2D eigenvalue weighted by Gasteiger charge is -2.07.